The molecule has 2 N–H and O–H groups in total. The van der Waals surface area contributed by atoms with Gasteiger partial charge in [0.25, 0.3) is 5.91 Å². The van der Waals surface area contributed by atoms with Gasteiger partial charge in [-0.15, -0.1) is 0 Å². The fourth-order valence-electron chi connectivity index (χ4n) is 1.81. The second kappa shape index (κ2) is 8.64. The third kappa shape index (κ3) is 5.77. The Balaban J connectivity index is 2.10. The zero-order valence-electron chi connectivity index (χ0n) is 11.3. The van der Waals surface area contributed by atoms with E-state index in [1.807, 2.05) is 0 Å². The minimum absolute atomic E-state index is 0.0634. The first-order chi connectivity index (χ1) is 8.74. The number of carbonyl (C=O) groups excluding carboxylic acids is 1. The summed E-state index contributed by atoms with van der Waals surface area (Å²) in [6.07, 6.45) is 5.70. The quantitative estimate of drug-likeness (QED) is 0.691. The SMILES string of the molecule is CCCC(C)CNCCNC(=O)c1cccnc1. The van der Waals surface area contributed by atoms with Crippen molar-refractivity contribution in [3.05, 3.63) is 30.1 Å². The molecule has 0 bridgehead atoms. The van der Waals surface area contributed by atoms with Crippen molar-refractivity contribution in [2.75, 3.05) is 19.6 Å². The van der Waals surface area contributed by atoms with Gasteiger partial charge in [0.15, 0.2) is 0 Å². The van der Waals surface area contributed by atoms with Crippen LogP contribution in [0.3, 0.4) is 0 Å². The van der Waals surface area contributed by atoms with Gasteiger partial charge in [-0.2, -0.15) is 0 Å². The standard InChI is InChI=1S/C14H23N3O/c1-3-5-12(2)10-16-8-9-17-14(18)13-6-4-7-15-11-13/h4,6-7,11-12,16H,3,5,8-10H2,1-2H3,(H,17,18). The van der Waals surface area contributed by atoms with E-state index < -0.39 is 0 Å². The van der Waals surface area contributed by atoms with Gasteiger partial charge in [0, 0.05) is 25.5 Å². The van der Waals surface area contributed by atoms with Crippen LogP contribution in [0.25, 0.3) is 0 Å². The molecule has 0 spiro atoms. The van der Waals surface area contributed by atoms with E-state index in [1.54, 1.807) is 24.5 Å². The summed E-state index contributed by atoms with van der Waals surface area (Å²) in [5.74, 6) is 0.635. The molecule has 1 atom stereocenters. The highest BCUT2D eigenvalue weighted by molar-refractivity contribution is 5.93. The average Bonchev–Trinajstić information content (AvgIpc) is 2.39. The second-order valence-electron chi connectivity index (χ2n) is 4.60. The minimum Gasteiger partial charge on any atom is -0.351 e. The maximum atomic E-state index is 11.7. The molecule has 1 rings (SSSR count). The Morgan fingerprint density at radius 3 is 2.94 bits per heavy atom. The molecule has 0 aromatic carbocycles. The molecule has 0 aliphatic carbocycles. The summed E-state index contributed by atoms with van der Waals surface area (Å²) in [6.45, 7) is 6.90. The Bertz CT molecular complexity index is 340. The maximum absolute atomic E-state index is 11.7. The van der Waals surface area contributed by atoms with Crippen molar-refractivity contribution in [1.29, 1.82) is 0 Å². The molecular weight excluding hydrogens is 226 g/mol. The predicted octanol–water partition coefficient (Wildman–Crippen LogP) is 1.84. The normalized spacial score (nSPS) is 12.1. The smallest absolute Gasteiger partial charge is 0.252 e. The molecule has 4 heteroatoms. The fraction of sp³-hybridized carbons (Fsp3) is 0.571. The molecule has 0 fully saturated rings. The lowest BCUT2D eigenvalue weighted by Gasteiger charge is -2.11. The molecule has 1 aromatic rings. The van der Waals surface area contributed by atoms with E-state index in [9.17, 15) is 4.79 Å². The number of nitrogens with one attached hydrogen (secondary N) is 2. The third-order valence-corrected chi connectivity index (χ3v) is 2.79. The molecule has 100 valence electrons. The molecule has 0 aliphatic heterocycles. The van der Waals surface area contributed by atoms with E-state index >= 15 is 0 Å². The van der Waals surface area contributed by atoms with Gasteiger partial charge in [0.1, 0.15) is 0 Å². The summed E-state index contributed by atoms with van der Waals surface area (Å²) >= 11 is 0. The summed E-state index contributed by atoms with van der Waals surface area (Å²) in [5, 5.41) is 6.21. The van der Waals surface area contributed by atoms with Gasteiger partial charge in [0.2, 0.25) is 0 Å². The molecule has 1 unspecified atom stereocenters. The van der Waals surface area contributed by atoms with Crippen LogP contribution in [-0.2, 0) is 0 Å². The van der Waals surface area contributed by atoms with E-state index in [2.05, 4.69) is 29.5 Å². The van der Waals surface area contributed by atoms with E-state index in [0.29, 0.717) is 18.0 Å². The number of hydrogen-bond donors (Lipinski definition) is 2. The lowest BCUT2D eigenvalue weighted by molar-refractivity contribution is 0.0953. The topological polar surface area (TPSA) is 54.0 Å². The van der Waals surface area contributed by atoms with E-state index in [4.69, 9.17) is 0 Å². The molecule has 1 heterocycles. The Hall–Kier alpha value is -1.42. The lowest BCUT2D eigenvalue weighted by atomic mass is 10.1. The summed E-state index contributed by atoms with van der Waals surface area (Å²) in [4.78, 5) is 15.6. The van der Waals surface area contributed by atoms with Crippen molar-refractivity contribution in [2.24, 2.45) is 5.92 Å². The van der Waals surface area contributed by atoms with Crippen molar-refractivity contribution in [3.63, 3.8) is 0 Å². The summed E-state index contributed by atoms with van der Waals surface area (Å²) < 4.78 is 0. The molecule has 1 aromatic heterocycles. The van der Waals surface area contributed by atoms with Crippen LogP contribution in [0.2, 0.25) is 0 Å². The highest BCUT2D eigenvalue weighted by Crippen LogP contribution is 2.02. The number of rotatable bonds is 8. The fourth-order valence-corrected chi connectivity index (χ4v) is 1.81. The summed E-state index contributed by atoms with van der Waals surface area (Å²) in [7, 11) is 0. The summed E-state index contributed by atoms with van der Waals surface area (Å²) in [6, 6.07) is 3.53. The number of pyridine rings is 1. The molecule has 0 aliphatic rings. The van der Waals surface area contributed by atoms with Gasteiger partial charge in [-0.3, -0.25) is 9.78 Å². The molecule has 0 saturated carbocycles. The Kier molecular flexibility index (Phi) is 7.03. The third-order valence-electron chi connectivity index (χ3n) is 2.79. The maximum Gasteiger partial charge on any atom is 0.252 e. The van der Waals surface area contributed by atoms with E-state index in [0.717, 1.165) is 13.1 Å². The molecule has 0 radical (unpaired) electrons. The zero-order chi connectivity index (χ0) is 13.2. The van der Waals surface area contributed by atoms with Crippen molar-refractivity contribution in [1.82, 2.24) is 15.6 Å². The van der Waals surface area contributed by atoms with Gasteiger partial charge in [-0.05, 0) is 31.0 Å². The highest BCUT2D eigenvalue weighted by atomic mass is 16.1. The first-order valence-electron chi connectivity index (χ1n) is 6.63. The van der Waals surface area contributed by atoms with Crippen molar-refractivity contribution >= 4 is 5.91 Å². The molecule has 1 amide bonds. The van der Waals surface area contributed by atoms with Gasteiger partial charge >= 0.3 is 0 Å². The van der Waals surface area contributed by atoms with Gasteiger partial charge < -0.3 is 10.6 Å². The van der Waals surface area contributed by atoms with Crippen LogP contribution in [0.15, 0.2) is 24.5 Å². The number of amides is 1. The van der Waals surface area contributed by atoms with Crippen molar-refractivity contribution < 1.29 is 4.79 Å². The molecule has 0 saturated heterocycles. The monoisotopic (exact) mass is 249 g/mol. The Morgan fingerprint density at radius 1 is 1.44 bits per heavy atom. The van der Waals surface area contributed by atoms with E-state index in [1.165, 1.54) is 12.8 Å². The molecular formula is C14H23N3O. The van der Waals surface area contributed by atoms with Crippen LogP contribution in [0.1, 0.15) is 37.0 Å². The van der Waals surface area contributed by atoms with Crippen LogP contribution < -0.4 is 10.6 Å². The first kappa shape index (κ1) is 14.6. The Morgan fingerprint density at radius 2 is 2.28 bits per heavy atom. The second-order valence-corrected chi connectivity index (χ2v) is 4.60. The predicted molar refractivity (Wildman–Crippen MR) is 73.5 cm³/mol. The highest BCUT2D eigenvalue weighted by Gasteiger charge is 2.03. The Labute approximate surface area is 109 Å². The lowest BCUT2D eigenvalue weighted by Crippen LogP contribution is -2.33. The molecule has 18 heavy (non-hydrogen) atoms. The molecule has 4 nitrogen and oxygen atoms in total. The van der Waals surface area contributed by atoms with Crippen LogP contribution in [0.5, 0.6) is 0 Å². The van der Waals surface area contributed by atoms with Crippen LogP contribution in [-0.4, -0.2) is 30.5 Å². The number of hydrogen-bond acceptors (Lipinski definition) is 3. The number of aromatic nitrogens is 1. The van der Waals surface area contributed by atoms with Gasteiger partial charge in [0.05, 0.1) is 5.56 Å². The van der Waals surface area contributed by atoms with E-state index in [-0.39, 0.29) is 5.91 Å². The number of nitrogens with zero attached hydrogens (tertiary/aromatic N) is 1. The largest absolute Gasteiger partial charge is 0.351 e. The van der Waals surface area contributed by atoms with Crippen molar-refractivity contribution in [2.45, 2.75) is 26.7 Å². The van der Waals surface area contributed by atoms with Crippen LogP contribution >= 0.6 is 0 Å². The van der Waals surface area contributed by atoms with Crippen molar-refractivity contribution in [3.8, 4) is 0 Å². The van der Waals surface area contributed by atoms with Gasteiger partial charge in [-0.1, -0.05) is 20.3 Å². The van der Waals surface area contributed by atoms with Gasteiger partial charge in [-0.25, -0.2) is 0 Å². The van der Waals surface area contributed by atoms with Crippen LogP contribution in [0.4, 0.5) is 0 Å². The zero-order valence-corrected chi connectivity index (χ0v) is 11.3. The van der Waals surface area contributed by atoms with Crippen LogP contribution in [0, 0.1) is 5.92 Å². The minimum atomic E-state index is -0.0634. The number of carbonyl (C=O) groups is 1. The average molecular weight is 249 g/mol. The summed E-state index contributed by atoms with van der Waals surface area (Å²) in [5.41, 5.74) is 0.608. The first-order valence-corrected chi connectivity index (χ1v) is 6.63.